The molecule has 0 atom stereocenters. The number of halogens is 1. The molecule has 2 rings (SSSR count). The number of carbonyl (C=O) groups excluding carboxylic acids is 1. The first-order valence-corrected chi connectivity index (χ1v) is 5.33. The van der Waals surface area contributed by atoms with Crippen LogP contribution in [0.4, 0.5) is 0 Å². The zero-order valence-corrected chi connectivity index (χ0v) is 9.28. The van der Waals surface area contributed by atoms with Gasteiger partial charge in [0.05, 0.1) is 9.58 Å². The van der Waals surface area contributed by atoms with Gasteiger partial charge in [0.15, 0.2) is 6.29 Å². The molecule has 0 spiro atoms. The SMILES string of the molecule is Cc1c(C=O)sc2cnc(Br)cc12. The highest BCUT2D eigenvalue weighted by molar-refractivity contribution is 9.10. The number of carbonyl (C=O) groups is 1. The zero-order chi connectivity index (χ0) is 9.42. The molecule has 0 aliphatic heterocycles. The van der Waals surface area contributed by atoms with Crippen molar-refractivity contribution in [1.29, 1.82) is 0 Å². The summed E-state index contributed by atoms with van der Waals surface area (Å²) in [5.41, 5.74) is 1.04. The third-order valence-electron chi connectivity index (χ3n) is 1.93. The molecule has 0 N–H and O–H groups in total. The summed E-state index contributed by atoms with van der Waals surface area (Å²) < 4.78 is 1.86. The smallest absolute Gasteiger partial charge is 0.160 e. The van der Waals surface area contributed by atoms with E-state index in [0.29, 0.717) is 0 Å². The first kappa shape index (κ1) is 8.84. The van der Waals surface area contributed by atoms with Crippen molar-refractivity contribution in [3.63, 3.8) is 0 Å². The van der Waals surface area contributed by atoms with Gasteiger partial charge in [-0.05, 0) is 34.5 Å². The molecule has 0 saturated heterocycles. The summed E-state index contributed by atoms with van der Waals surface area (Å²) in [6.07, 6.45) is 2.68. The van der Waals surface area contributed by atoms with Crippen LogP contribution in [0.25, 0.3) is 10.1 Å². The number of nitrogens with zero attached hydrogens (tertiary/aromatic N) is 1. The first-order chi connectivity index (χ1) is 6.22. The van der Waals surface area contributed by atoms with Crippen molar-refractivity contribution < 1.29 is 4.79 Å². The first-order valence-electron chi connectivity index (χ1n) is 3.72. The Bertz CT molecular complexity index is 478. The van der Waals surface area contributed by atoms with E-state index in [9.17, 15) is 4.79 Å². The van der Waals surface area contributed by atoms with E-state index in [1.807, 2.05) is 13.0 Å². The van der Waals surface area contributed by atoms with Gasteiger partial charge in [-0.3, -0.25) is 4.79 Å². The Balaban J connectivity index is 2.84. The Kier molecular flexibility index (Phi) is 2.17. The Hall–Kier alpha value is -0.740. The molecular weight excluding hydrogens is 250 g/mol. The fourth-order valence-corrected chi connectivity index (χ4v) is 2.54. The van der Waals surface area contributed by atoms with E-state index in [0.717, 1.165) is 31.4 Å². The number of aryl methyl sites for hydroxylation is 1. The van der Waals surface area contributed by atoms with Crippen LogP contribution in [0.15, 0.2) is 16.9 Å². The number of aromatic nitrogens is 1. The lowest BCUT2D eigenvalue weighted by molar-refractivity contribution is 0.112. The van der Waals surface area contributed by atoms with Crippen LogP contribution >= 0.6 is 27.3 Å². The number of pyridine rings is 1. The van der Waals surface area contributed by atoms with Gasteiger partial charge < -0.3 is 0 Å². The second-order valence-electron chi connectivity index (χ2n) is 2.71. The molecule has 2 nitrogen and oxygen atoms in total. The van der Waals surface area contributed by atoms with E-state index in [1.165, 1.54) is 11.3 Å². The topological polar surface area (TPSA) is 30.0 Å². The number of hydrogen-bond acceptors (Lipinski definition) is 3. The molecular formula is C9H6BrNOS. The number of thiophene rings is 1. The van der Waals surface area contributed by atoms with Crippen molar-refractivity contribution in [2.45, 2.75) is 6.92 Å². The lowest BCUT2D eigenvalue weighted by Crippen LogP contribution is -1.77. The Morgan fingerprint density at radius 3 is 3.08 bits per heavy atom. The molecule has 66 valence electrons. The molecule has 0 bridgehead atoms. The predicted molar refractivity (Wildman–Crippen MR) is 57.4 cm³/mol. The highest BCUT2D eigenvalue weighted by atomic mass is 79.9. The summed E-state index contributed by atoms with van der Waals surface area (Å²) in [4.78, 5) is 15.6. The van der Waals surface area contributed by atoms with Gasteiger partial charge in [0, 0.05) is 11.6 Å². The van der Waals surface area contributed by atoms with Crippen molar-refractivity contribution in [1.82, 2.24) is 4.98 Å². The summed E-state index contributed by atoms with van der Waals surface area (Å²) in [7, 11) is 0. The third-order valence-corrected chi connectivity index (χ3v) is 3.54. The second kappa shape index (κ2) is 3.20. The second-order valence-corrected chi connectivity index (χ2v) is 4.61. The van der Waals surface area contributed by atoms with Crippen LogP contribution in [0.5, 0.6) is 0 Å². The summed E-state index contributed by atoms with van der Waals surface area (Å²) in [5.74, 6) is 0. The van der Waals surface area contributed by atoms with E-state index in [1.54, 1.807) is 6.20 Å². The monoisotopic (exact) mass is 255 g/mol. The fraction of sp³-hybridized carbons (Fsp3) is 0.111. The Morgan fingerprint density at radius 2 is 2.38 bits per heavy atom. The minimum Gasteiger partial charge on any atom is -0.297 e. The average molecular weight is 256 g/mol. The molecule has 0 fully saturated rings. The molecule has 2 heterocycles. The van der Waals surface area contributed by atoms with Crippen molar-refractivity contribution in [3.8, 4) is 0 Å². The molecule has 4 heteroatoms. The highest BCUT2D eigenvalue weighted by Gasteiger charge is 2.07. The highest BCUT2D eigenvalue weighted by Crippen LogP contribution is 2.30. The molecule has 0 radical (unpaired) electrons. The third kappa shape index (κ3) is 1.40. The van der Waals surface area contributed by atoms with E-state index in [2.05, 4.69) is 20.9 Å². The molecule has 0 unspecified atom stereocenters. The maximum absolute atomic E-state index is 10.7. The van der Waals surface area contributed by atoms with Gasteiger partial charge in [-0.2, -0.15) is 0 Å². The number of rotatable bonds is 1. The van der Waals surface area contributed by atoms with E-state index in [4.69, 9.17) is 0 Å². The molecule has 0 saturated carbocycles. The van der Waals surface area contributed by atoms with Crippen LogP contribution in [0, 0.1) is 6.92 Å². The van der Waals surface area contributed by atoms with Gasteiger partial charge >= 0.3 is 0 Å². The Labute approximate surface area is 87.7 Å². The fourth-order valence-electron chi connectivity index (χ4n) is 1.23. The number of fused-ring (bicyclic) bond motifs is 1. The van der Waals surface area contributed by atoms with Crippen LogP contribution in [-0.2, 0) is 0 Å². The van der Waals surface area contributed by atoms with Crippen LogP contribution in [0.3, 0.4) is 0 Å². The standard InChI is InChI=1S/C9H6BrNOS/c1-5-6-2-9(10)11-3-7(6)13-8(5)4-12/h2-4H,1H3. The molecule has 0 aromatic carbocycles. The van der Waals surface area contributed by atoms with E-state index >= 15 is 0 Å². The molecule has 13 heavy (non-hydrogen) atoms. The quantitative estimate of drug-likeness (QED) is 0.579. The van der Waals surface area contributed by atoms with Crippen LogP contribution < -0.4 is 0 Å². The summed E-state index contributed by atoms with van der Waals surface area (Å²) in [6, 6.07) is 1.94. The zero-order valence-electron chi connectivity index (χ0n) is 6.87. The van der Waals surface area contributed by atoms with Crippen LogP contribution in [0.1, 0.15) is 15.2 Å². The van der Waals surface area contributed by atoms with E-state index < -0.39 is 0 Å². The normalized spacial score (nSPS) is 10.6. The van der Waals surface area contributed by atoms with Crippen molar-refractivity contribution in [2.75, 3.05) is 0 Å². The van der Waals surface area contributed by atoms with Gasteiger partial charge in [0.25, 0.3) is 0 Å². The van der Waals surface area contributed by atoms with Gasteiger partial charge in [0.2, 0.25) is 0 Å². The van der Waals surface area contributed by atoms with E-state index in [-0.39, 0.29) is 0 Å². The Morgan fingerprint density at radius 1 is 1.62 bits per heavy atom. The van der Waals surface area contributed by atoms with Crippen LogP contribution in [0.2, 0.25) is 0 Å². The molecule has 0 aliphatic rings. The summed E-state index contributed by atoms with van der Waals surface area (Å²) >= 11 is 4.78. The lowest BCUT2D eigenvalue weighted by atomic mass is 10.2. The van der Waals surface area contributed by atoms with Gasteiger partial charge in [-0.15, -0.1) is 11.3 Å². The van der Waals surface area contributed by atoms with Gasteiger partial charge in [0.1, 0.15) is 4.60 Å². The minimum atomic E-state index is 0.787. The predicted octanol–water partition coefficient (Wildman–Crippen LogP) is 3.18. The largest absolute Gasteiger partial charge is 0.297 e. The molecule has 0 amide bonds. The van der Waals surface area contributed by atoms with Gasteiger partial charge in [-0.25, -0.2) is 4.98 Å². The summed E-state index contributed by atoms with van der Waals surface area (Å²) in [6.45, 7) is 1.95. The molecule has 0 aliphatic carbocycles. The van der Waals surface area contributed by atoms with Crippen molar-refractivity contribution in [3.05, 3.63) is 27.3 Å². The molecule has 2 aromatic rings. The van der Waals surface area contributed by atoms with Gasteiger partial charge in [-0.1, -0.05) is 0 Å². The number of aldehydes is 1. The van der Waals surface area contributed by atoms with Crippen molar-refractivity contribution in [2.24, 2.45) is 0 Å². The average Bonchev–Trinajstić information content (AvgIpc) is 2.44. The molecule has 2 aromatic heterocycles. The number of hydrogen-bond donors (Lipinski definition) is 0. The summed E-state index contributed by atoms with van der Waals surface area (Å²) in [5, 5.41) is 1.11. The maximum Gasteiger partial charge on any atom is 0.160 e. The van der Waals surface area contributed by atoms with Crippen LogP contribution in [-0.4, -0.2) is 11.3 Å². The van der Waals surface area contributed by atoms with Crippen molar-refractivity contribution >= 4 is 43.6 Å². The minimum absolute atomic E-state index is 0.787. The lowest BCUT2D eigenvalue weighted by Gasteiger charge is -1.91. The maximum atomic E-state index is 10.7.